The van der Waals surface area contributed by atoms with Crippen LogP contribution in [0.1, 0.15) is 25.8 Å². The molecular weight excluding hydrogens is 276 g/mol. The standard InChI is InChI=1S/C18H28N2O2/c1-15(2)14-19-10-12-20(13-11-19)18(21)9-6-16-4-7-17(22-3)8-5-16/h4-5,7-8,15H,6,9-14H2,1-3H3. The van der Waals surface area contributed by atoms with E-state index in [-0.39, 0.29) is 5.91 Å². The van der Waals surface area contributed by atoms with Crippen molar-refractivity contribution in [1.82, 2.24) is 9.80 Å². The molecule has 4 heteroatoms. The summed E-state index contributed by atoms with van der Waals surface area (Å²) in [6, 6.07) is 7.97. The van der Waals surface area contributed by atoms with E-state index in [1.54, 1.807) is 7.11 Å². The van der Waals surface area contributed by atoms with Crippen LogP contribution in [0.3, 0.4) is 0 Å². The van der Waals surface area contributed by atoms with Gasteiger partial charge in [0.1, 0.15) is 5.75 Å². The van der Waals surface area contributed by atoms with E-state index in [9.17, 15) is 4.79 Å². The molecule has 0 saturated carbocycles. The molecule has 0 atom stereocenters. The normalized spacial score (nSPS) is 16.1. The van der Waals surface area contributed by atoms with Gasteiger partial charge in [0.15, 0.2) is 0 Å². The number of rotatable bonds is 6. The highest BCUT2D eigenvalue weighted by Gasteiger charge is 2.20. The van der Waals surface area contributed by atoms with Gasteiger partial charge in [-0.05, 0) is 30.0 Å². The van der Waals surface area contributed by atoms with Gasteiger partial charge in [-0.25, -0.2) is 0 Å². The lowest BCUT2D eigenvalue weighted by molar-refractivity contribution is -0.132. The number of benzene rings is 1. The summed E-state index contributed by atoms with van der Waals surface area (Å²) in [7, 11) is 1.66. The van der Waals surface area contributed by atoms with E-state index in [4.69, 9.17) is 4.74 Å². The van der Waals surface area contributed by atoms with Gasteiger partial charge in [0.05, 0.1) is 7.11 Å². The molecule has 1 saturated heterocycles. The monoisotopic (exact) mass is 304 g/mol. The largest absolute Gasteiger partial charge is 0.497 e. The molecule has 0 aliphatic carbocycles. The summed E-state index contributed by atoms with van der Waals surface area (Å²) >= 11 is 0. The fraction of sp³-hybridized carbons (Fsp3) is 0.611. The zero-order valence-electron chi connectivity index (χ0n) is 14.0. The van der Waals surface area contributed by atoms with E-state index < -0.39 is 0 Å². The molecule has 1 aromatic carbocycles. The predicted octanol–water partition coefficient (Wildman–Crippen LogP) is 2.43. The lowest BCUT2D eigenvalue weighted by Gasteiger charge is -2.35. The van der Waals surface area contributed by atoms with Gasteiger partial charge < -0.3 is 9.64 Å². The Morgan fingerprint density at radius 2 is 1.77 bits per heavy atom. The van der Waals surface area contributed by atoms with Crippen molar-refractivity contribution >= 4 is 5.91 Å². The fourth-order valence-corrected chi connectivity index (χ4v) is 2.90. The van der Waals surface area contributed by atoms with Gasteiger partial charge in [0, 0.05) is 39.1 Å². The van der Waals surface area contributed by atoms with Crippen LogP contribution in [-0.2, 0) is 11.2 Å². The lowest BCUT2D eigenvalue weighted by atomic mass is 10.1. The Bertz CT molecular complexity index is 462. The summed E-state index contributed by atoms with van der Waals surface area (Å²) in [6.45, 7) is 9.37. The van der Waals surface area contributed by atoms with E-state index in [0.29, 0.717) is 12.3 Å². The Morgan fingerprint density at radius 1 is 1.14 bits per heavy atom. The molecule has 22 heavy (non-hydrogen) atoms. The average molecular weight is 304 g/mol. The van der Waals surface area contributed by atoms with Crippen molar-refractivity contribution < 1.29 is 9.53 Å². The molecule has 0 N–H and O–H groups in total. The Kier molecular flexibility index (Phi) is 6.25. The van der Waals surface area contributed by atoms with Crippen LogP contribution in [0.2, 0.25) is 0 Å². The molecule has 1 fully saturated rings. The molecule has 1 aliphatic rings. The van der Waals surface area contributed by atoms with Crippen molar-refractivity contribution in [3.63, 3.8) is 0 Å². The summed E-state index contributed by atoms with van der Waals surface area (Å²) in [5.41, 5.74) is 1.19. The van der Waals surface area contributed by atoms with Gasteiger partial charge in [-0.2, -0.15) is 0 Å². The van der Waals surface area contributed by atoms with Crippen LogP contribution < -0.4 is 4.74 Å². The molecule has 2 rings (SSSR count). The van der Waals surface area contributed by atoms with Crippen LogP contribution in [0.15, 0.2) is 24.3 Å². The Hall–Kier alpha value is -1.55. The minimum absolute atomic E-state index is 0.278. The van der Waals surface area contributed by atoms with E-state index in [0.717, 1.165) is 44.9 Å². The quantitative estimate of drug-likeness (QED) is 0.809. The Balaban J connectivity index is 1.73. The Morgan fingerprint density at radius 3 is 2.32 bits per heavy atom. The smallest absolute Gasteiger partial charge is 0.222 e. The molecule has 1 aromatic rings. The molecule has 1 heterocycles. The van der Waals surface area contributed by atoms with Gasteiger partial charge in [-0.1, -0.05) is 26.0 Å². The summed E-state index contributed by atoms with van der Waals surface area (Å²) in [5.74, 6) is 1.83. The number of aryl methyl sites for hydroxylation is 1. The predicted molar refractivity (Wildman–Crippen MR) is 89.2 cm³/mol. The van der Waals surface area contributed by atoms with Gasteiger partial charge in [-0.3, -0.25) is 9.69 Å². The summed E-state index contributed by atoms with van der Waals surface area (Å²) in [5, 5.41) is 0. The first kappa shape index (κ1) is 16.8. The van der Waals surface area contributed by atoms with Gasteiger partial charge in [-0.15, -0.1) is 0 Å². The minimum Gasteiger partial charge on any atom is -0.497 e. The second-order valence-electron chi connectivity index (χ2n) is 6.42. The second-order valence-corrected chi connectivity index (χ2v) is 6.42. The summed E-state index contributed by atoms with van der Waals surface area (Å²) < 4.78 is 5.15. The number of carbonyl (C=O) groups is 1. The molecule has 1 amide bonds. The zero-order valence-corrected chi connectivity index (χ0v) is 14.0. The summed E-state index contributed by atoms with van der Waals surface area (Å²) in [6.07, 6.45) is 1.39. The van der Waals surface area contributed by atoms with Gasteiger partial charge in [0.25, 0.3) is 0 Å². The summed E-state index contributed by atoms with van der Waals surface area (Å²) in [4.78, 5) is 16.8. The van der Waals surface area contributed by atoms with Crippen LogP contribution >= 0.6 is 0 Å². The number of amides is 1. The fourth-order valence-electron chi connectivity index (χ4n) is 2.90. The highest BCUT2D eigenvalue weighted by Crippen LogP contribution is 2.13. The topological polar surface area (TPSA) is 32.8 Å². The maximum absolute atomic E-state index is 12.3. The molecular formula is C18H28N2O2. The van der Waals surface area contributed by atoms with Crippen LogP contribution in [0.4, 0.5) is 0 Å². The number of carbonyl (C=O) groups excluding carboxylic acids is 1. The molecule has 122 valence electrons. The van der Waals surface area contributed by atoms with E-state index in [2.05, 4.69) is 18.7 Å². The maximum Gasteiger partial charge on any atom is 0.222 e. The number of methoxy groups -OCH3 is 1. The number of ether oxygens (including phenoxy) is 1. The SMILES string of the molecule is COc1ccc(CCC(=O)N2CCN(CC(C)C)CC2)cc1. The third-order valence-electron chi connectivity index (χ3n) is 4.13. The first-order chi connectivity index (χ1) is 10.6. The van der Waals surface area contributed by atoms with Gasteiger partial charge >= 0.3 is 0 Å². The van der Waals surface area contributed by atoms with Crippen LogP contribution in [0, 0.1) is 5.92 Å². The first-order valence-corrected chi connectivity index (χ1v) is 8.21. The van der Waals surface area contributed by atoms with Crippen molar-refractivity contribution in [2.24, 2.45) is 5.92 Å². The molecule has 0 aromatic heterocycles. The first-order valence-electron chi connectivity index (χ1n) is 8.21. The van der Waals surface area contributed by atoms with Crippen molar-refractivity contribution in [2.75, 3.05) is 39.8 Å². The number of hydrogen-bond donors (Lipinski definition) is 0. The van der Waals surface area contributed by atoms with Crippen molar-refractivity contribution in [1.29, 1.82) is 0 Å². The number of nitrogens with zero attached hydrogens (tertiary/aromatic N) is 2. The maximum atomic E-state index is 12.3. The average Bonchev–Trinajstić information content (AvgIpc) is 2.53. The van der Waals surface area contributed by atoms with Crippen molar-refractivity contribution in [3.05, 3.63) is 29.8 Å². The third kappa shape index (κ3) is 5.02. The van der Waals surface area contributed by atoms with E-state index in [1.807, 2.05) is 29.2 Å². The molecule has 0 unspecified atom stereocenters. The van der Waals surface area contributed by atoms with Crippen molar-refractivity contribution in [2.45, 2.75) is 26.7 Å². The highest BCUT2D eigenvalue weighted by atomic mass is 16.5. The van der Waals surface area contributed by atoms with Crippen LogP contribution in [0.5, 0.6) is 5.75 Å². The third-order valence-corrected chi connectivity index (χ3v) is 4.13. The van der Waals surface area contributed by atoms with Gasteiger partial charge in [0.2, 0.25) is 5.91 Å². The lowest BCUT2D eigenvalue weighted by Crippen LogP contribution is -2.49. The molecule has 1 aliphatic heterocycles. The molecule has 4 nitrogen and oxygen atoms in total. The minimum atomic E-state index is 0.278. The van der Waals surface area contributed by atoms with E-state index >= 15 is 0 Å². The van der Waals surface area contributed by atoms with Crippen LogP contribution in [0.25, 0.3) is 0 Å². The second kappa shape index (κ2) is 8.18. The molecule has 0 radical (unpaired) electrons. The highest BCUT2D eigenvalue weighted by molar-refractivity contribution is 5.76. The Labute approximate surface area is 134 Å². The van der Waals surface area contributed by atoms with E-state index in [1.165, 1.54) is 5.56 Å². The number of piperazine rings is 1. The zero-order chi connectivity index (χ0) is 15.9. The number of hydrogen-bond acceptors (Lipinski definition) is 3. The molecule has 0 bridgehead atoms. The van der Waals surface area contributed by atoms with Crippen molar-refractivity contribution in [3.8, 4) is 5.75 Å². The molecule has 0 spiro atoms. The van der Waals surface area contributed by atoms with Crippen LogP contribution in [-0.4, -0.2) is 55.5 Å².